The van der Waals surface area contributed by atoms with Gasteiger partial charge >= 0.3 is 13.8 Å². The third-order valence-corrected chi connectivity index (χ3v) is 5.44. The second-order valence-corrected chi connectivity index (χ2v) is 8.21. The van der Waals surface area contributed by atoms with Gasteiger partial charge in [-0.25, -0.2) is 24.3 Å². The SMILES string of the molecule is CNc1ccccc1C(=O)O[C@H]1C[C@H](n2cnc3c(N)ncnc32)O[C@@H]1COP(=O)(O)O. The molecule has 1 fully saturated rings. The molecule has 0 saturated carbocycles. The minimum absolute atomic E-state index is 0.165. The Morgan fingerprint density at radius 2 is 2.12 bits per heavy atom. The number of carbonyl (C=O) groups excluding carboxylic acids is 1. The number of carbonyl (C=O) groups is 1. The molecule has 2 aromatic heterocycles. The lowest BCUT2D eigenvalue weighted by molar-refractivity contribution is -0.0490. The van der Waals surface area contributed by atoms with E-state index in [1.807, 2.05) is 0 Å². The van der Waals surface area contributed by atoms with Gasteiger partial charge in [0.15, 0.2) is 11.5 Å². The van der Waals surface area contributed by atoms with E-state index >= 15 is 0 Å². The van der Waals surface area contributed by atoms with Crippen LogP contribution in [0.1, 0.15) is 23.0 Å². The minimum Gasteiger partial charge on any atom is -0.456 e. The van der Waals surface area contributed by atoms with Gasteiger partial charge < -0.3 is 30.3 Å². The molecule has 32 heavy (non-hydrogen) atoms. The fourth-order valence-electron chi connectivity index (χ4n) is 3.48. The molecule has 5 N–H and O–H groups in total. The van der Waals surface area contributed by atoms with E-state index in [1.54, 1.807) is 35.9 Å². The molecule has 13 nitrogen and oxygen atoms in total. The fourth-order valence-corrected chi connectivity index (χ4v) is 3.82. The summed E-state index contributed by atoms with van der Waals surface area (Å²) in [5.74, 6) is -0.424. The molecule has 0 spiro atoms. The van der Waals surface area contributed by atoms with Crippen LogP contribution >= 0.6 is 7.82 Å². The Bertz CT molecular complexity index is 1180. The first-order valence-corrected chi connectivity index (χ1v) is 11.1. The third kappa shape index (κ3) is 4.56. The summed E-state index contributed by atoms with van der Waals surface area (Å²) in [6, 6.07) is 6.79. The van der Waals surface area contributed by atoms with Crippen molar-refractivity contribution in [2.24, 2.45) is 0 Å². The molecule has 1 aliphatic rings. The second-order valence-electron chi connectivity index (χ2n) is 6.97. The summed E-state index contributed by atoms with van der Waals surface area (Å²) >= 11 is 0. The monoisotopic (exact) mass is 464 g/mol. The maximum Gasteiger partial charge on any atom is 0.469 e. The number of benzene rings is 1. The van der Waals surface area contributed by atoms with E-state index in [4.69, 9.17) is 25.0 Å². The summed E-state index contributed by atoms with van der Waals surface area (Å²) in [5, 5.41) is 2.92. The van der Waals surface area contributed by atoms with Crippen molar-refractivity contribution >= 4 is 36.5 Å². The summed E-state index contributed by atoms with van der Waals surface area (Å²) < 4.78 is 29.0. The predicted molar refractivity (Wildman–Crippen MR) is 111 cm³/mol. The van der Waals surface area contributed by atoms with E-state index in [0.717, 1.165) is 0 Å². The van der Waals surface area contributed by atoms with Crippen LogP contribution < -0.4 is 11.1 Å². The smallest absolute Gasteiger partial charge is 0.456 e. The van der Waals surface area contributed by atoms with Gasteiger partial charge in [0.25, 0.3) is 0 Å². The molecule has 0 bridgehead atoms. The van der Waals surface area contributed by atoms with E-state index in [-0.39, 0.29) is 12.2 Å². The maximum atomic E-state index is 12.8. The number of esters is 1. The maximum absolute atomic E-state index is 12.8. The molecule has 3 heterocycles. The standard InChI is InChI=1S/C18H21N6O7P/c1-20-11-5-3-2-4-10(11)18(25)31-12-6-14(30-13(12)7-29-32(26,27)28)24-9-23-15-16(19)21-8-22-17(15)24/h2-5,8-9,12-14,20H,6-7H2,1H3,(H2,19,21,22)(H2,26,27,28)/t12-,13+,14+/m0/s1. The van der Waals surface area contributed by atoms with Crippen LogP contribution in [-0.2, 0) is 18.6 Å². The lowest BCUT2D eigenvalue weighted by Gasteiger charge is -2.19. The van der Waals surface area contributed by atoms with Crippen molar-refractivity contribution in [1.82, 2.24) is 19.5 Å². The number of para-hydroxylation sites is 1. The highest BCUT2D eigenvalue weighted by atomic mass is 31.2. The first kappa shape index (κ1) is 22.1. The number of fused-ring (bicyclic) bond motifs is 1. The molecule has 170 valence electrons. The molecule has 0 amide bonds. The van der Waals surface area contributed by atoms with Gasteiger partial charge in [0.05, 0.1) is 18.5 Å². The molecule has 1 aromatic carbocycles. The Morgan fingerprint density at radius 3 is 2.88 bits per heavy atom. The quantitative estimate of drug-likeness (QED) is 0.288. The molecule has 3 aromatic rings. The summed E-state index contributed by atoms with van der Waals surface area (Å²) in [4.78, 5) is 43.2. The zero-order chi connectivity index (χ0) is 22.9. The van der Waals surface area contributed by atoms with E-state index in [2.05, 4.69) is 24.8 Å². The van der Waals surface area contributed by atoms with Crippen molar-refractivity contribution in [2.75, 3.05) is 24.7 Å². The van der Waals surface area contributed by atoms with Gasteiger partial charge in [-0.3, -0.25) is 9.09 Å². The first-order valence-electron chi connectivity index (χ1n) is 9.53. The number of nitrogens with one attached hydrogen (secondary N) is 1. The molecule has 14 heteroatoms. The number of nitrogens with zero attached hydrogens (tertiary/aromatic N) is 4. The van der Waals surface area contributed by atoms with Crippen molar-refractivity contribution in [3.63, 3.8) is 0 Å². The highest BCUT2D eigenvalue weighted by Crippen LogP contribution is 2.39. The van der Waals surface area contributed by atoms with Gasteiger partial charge in [-0.1, -0.05) is 12.1 Å². The van der Waals surface area contributed by atoms with Gasteiger partial charge in [-0.05, 0) is 12.1 Å². The number of nitrogens with two attached hydrogens (primary N) is 1. The normalized spacial score (nSPS) is 21.0. The number of ether oxygens (including phenoxy) is 2. The minimum atomic E-state index is -4.76. The molecule has 0 aliphatic carbocycles. The van der Waals surface area contributed by atoms with E-state index in [0.29, 0.717) is 22.4 Å². The molecule has 3 atom stereocenters. The number of imidazole rings is 1. The summed E-state index contributed by atoms with van der Waals surface area (Å²) in [5.41, 5.74) is 7.49. The number of hydrogen-bond acceptors (Lipinski definition) is 10. The number of phosphoric ester groups is 1. The van der Waals surface area contributed by atoms with Crippen LogP contribution in [0.4, 0.5) is 11.5 Å². The van der Waals surface area contributed by atoms with Gasteiger partial charge in [0, 0.05) is 19.2 Å². The van der Waals surface area contributed by atoms with E-state index < -0.39 is 38.8 Å². The first-order chi connectivity index (χ1) is 15.3. The lowest BCUT2D eigenvalue weighted by Crippen LogP contribution is -2.31. The number of phosphoric acid groups is 1. The van der Waals surface area contributed by atoms with Crippen LogP contribution in [0, 0.1) is 0 Å². The average Bonchev–Trinajstić information content (AvgIpc) is 3.36. The van der Waals surface area contributed by atoms with Crippen molar-refractivity contribution in [3.05, 3.63) is 42.5 Å². The molecule has 1 saturated heterocycles. The van der Waals surface area contributed by atoms with Crippen molar-refractivity contribution in [2.45, 2.75) is 24.9 Å². The van der Waals surface area contributed by atoms with Crippen LogP contribution in [0.3, 0.4) is 0 Å². The molecular weight excluding hydrogens is 443 g/mol. The number of anilines is 2. The number of nitrogen functional groups attached to an aromatic ring is 1. The zero-order valence-corrected chi connectivity index (χ0v) is 17.8. The Hall–Kier alpha value is -3.09. The largest absolute Gasteiger partial charge is 0.469 e. The molecule has 4 rings (SSSR count). The van der Waals surface area contributed by atoms with Crippen LogP contribution in [0.2, 0.25) is 0 Å². The average molecular weight is 464 g/mol. The third-order valence-electron chi connectivity index (χ3n) is 4.96. The van der Waals surface area contributed by atoms with Crippen molar-refractivity contribution < 1.29 is 33.1 Å². The Morgan fingerprint density at radius 1 is 1.34 bits per heavy atom. The van der Waals surface area contributed by atoms with Crippen LogP contribution in [0.25, 0.3) is 11.2 Å². The summed E-state index contributed by atoms with van der Waals surface area (Å²) in [6.45, 7) is -0.490. The second kappa shape index (κ2) is 8.81. The van der Waals surface area contributed by atoms with Gasteiger partial charge in [-0.15, -0.1) is 0 Å². The number of rotatable bonds is 7. The zero-order valence-electron chi connectivity index (χ0n) is 16.9. The van der Waals surface area contributed by atoms with Gasteiger partial charge in [-0.2, -0.15) is 0 Å². The molecular formula is C18H21N6O7P. The predicted octanol–water partition coefficient (Wildman–Crippen LogP) is 1.07. The summed E-state index contributed by atoms with van der Waals surface area (Å²) in [7, 11) is -3.09. The highest BCUT2D eigenvalue weighted by molar-refractivity contribution is 7.46. The Balaban J connectivity index is 1.59. The van der Waals surface area contributed by atoms with Crippen molar-refractivity contribution in [1.29, 1.82) is 0 Å². The van der Waals surface area contributed by atoms with Gasteiger partial charge in [0.1, 0.15) is 30.3 Å². The lowest BCUT2D eigenvalue weighted by atomic mass is 10.1. The molecule has 0 unspecified atom stereocenters. The van der Waals surface area contributed by atoms with Crippen LogP contribution in [0.15, 0.2) is 36.9 Å². The van der Waals surface area contributed by atoms with Crippen molar-refractivity contribution in [3.8, 4) is 0 Å². The topological polar surface area (TPSA) is 184 Å². The Labute approximate surface area is 181 Å². The van der Waals surface area contributed by atoms with Crippen LogP contribution in [0.5, 0.6) is 0 Å². The van der Waals surface area contributed by atoms with E-state index in [9.17, 15) is 9.36 Å². The number of aromatic nitrogens is 4. The molecule has 0 radical (unpaired) electrons. The molecule has 1 aliphatic heterocycles. The Kier molecular flexibility index (Phi) is 6.09. The van der Waals surface area contributed by atoms with E-state index in [1.165, 1.54) is 12.7 Å². The van der Waals surface area contributed by atoms with Gasteiger partial charge in [0.2, 0.25) is 0 Å². The number of hydrogen-bond donors (Lipinski definition) is 4. The summed E-state index contributed by atoms with van der Waals surface area (Å²) in [6.07, 6.45) is 0.401. The van der Waals surface area contributed by atoms with Crippen LogP contribution in [-0.4, -0.2) is 61.1 Å². The highest BCUT2D eigenvalue weighted by Gasteiger charge is 2.41. The fraction of sp³-hybridized carbons (Fsp3) is 0.333.